The summed E-state index contributed by atoms with van der Waals surface area (Å²) in [6.07, 6.45) is 4.95. The number of anilines is 1. The van der Waals surface area contributed by atoms with Gasteiger partial charge in [0.05, 0.1) is 0 Å². The van der Waals surface area contributed by atoms with Crippen LogP contribution in [-0.4, -0.2) is 11.5 Å². The zero-order chi connectivity index (χ0) is 11.0. The van der Waals surface area contributed by atoms with Gasteiger partial charge < -0.3 is 5.32 Å². The second-order valence-electron chi connectivity index (χ2n) is 4.26. The molecule has 2 heterocycles. The predicted octanol–water partition coefficient (Wildman–Crippen LogP) is 3.03. The van der Waals surface area contributed by atoms with Gasteiger partial charge in [0.2, 0.25) is 0 Å². The van der Waals surface area contributed by atoms with Crippen LogP contribution >= 0.6 is 0 Å². The highest BCUT2D eigenvalue weighted by molar-refractivity contribution is 5.75. The first-order chi connectivity index (χ1) is 7.84. The van der Waals surface area contributed by atoms with Crippen LogP contribution in [0.4, 0.5) is 5.69 Å². The molecule has 1 aliphatic heterocycles. The quantitative estimate of drug-likeness (QED) is 0.782. The Morgan fingerprint density at radius 3 is 3.06 bits per heavy atom. The van der Waals surface area contributed by atoms with Gasteiger partial charge in [0.1, 0.15) is 0 Å². The third-order valence-electron chi connectivity index (χ3n) is 3.05. The zero-order valence-corrected chi connectivity index (χ0v) is 9.33. The highest BCUT2D eigenvalue weighted by atomic mass is 14.9. The van der Waals surface area contributed by atoms with Crippen LogP contribution in [0.3, 0.4) is 0 Å². The van der Waals surface area contributed by atoms with Crippen molar-refractivity contribution in [1.29, 1.82) is 0 Å². The number of rotatable bonds is 1. The molecular weight excluding hydrogens is 196 g/mol. The molecule has 0 aliphatic carbocycles. The zero-order valence-electron chi connectivity index (χ0n) is 9.33. The molecule has 1 aliphatic rings. The molecule has 2 heteroatoms. The number of benzene rings is 1. The van der Waals surface area contributed by atoms with Crippen molar-refractivity contribution in [3.8, 4) is 11.1 Å². The number of aryl methyl sites for hydroxylation is 1. The van der Waals surface area contributed by atoms with Gasteiger partial charge in [0, 0.05) is 30.2 Å². The first-order valence-corrected chi connectivity index (χ1v) is 5.62. The van der Waals surface area contributed by atoms with Gasteiger partial charge in [0.25, 0.3) is 0 Å². The fraction of sp³-hybridized carbons (Fsp3) is 0.214. The second kappa shape index (κ2) is 3.63. The number of nitrogens with one attached hydrogen (secondary N) is 1. The van der Waals surface area contributed by atoms with Crippen molar-refractivity contribution in [3.63, 3.8) is 0 Å². The monoisotopic (exact) mass is 210 g/mol. The highest BCUT2D eigenvalue weighted by Crippen LogP contribution is 2.32. The Labute approximate surface area is 95.3 Å². The average molecular weight is 210 g/mol. The minimum Gasteiger partial charge on any atom is -0.384 e. The number of hydrogen-bond acceptors (Lipinski definition) is 2. The van der Waals surface area contributed by atoms with E-state index in [1.807, 2.05) is 12.4 Å². The van der Waals surface area contributed by atoms with E-state index >= 15 is 0 Å². The third kappa shape index (κ3) is 1.47. The lowest BCUT2D eigenvalue weighted by molar-refractivity contribution is 1.11. The lowest BCUT2D eigenvalue weighted by Crippen LogP contribution is -1.90. The Morgan fingerprint density at radius 2 is 2.19 bits per heavy atom. The normalized spacial score (nSPS) is 13.3. The van der Waals surface area contributed by atoms with Crippen molar-refractivity contribution in [3.05, 3.63) is 47.8 Å². The maximum Gasteiger partial charge on any atom is 0.0379 e. The summed E-state index contributed by atoms with van der Waals surface area (Å²) in [6.45, 7) is 3.13. The predicted molar refractivity (Wildman–Crippen MR) is 66.6 cm³/mol. The Kier molecular flexibility index (Phi) is 2.13. The number of fused-ring (bicyclic) bond motifs is 1. The maximum absolute atomic E-state index is 4.27. The molecule has 1 aromatic heterocycles. The summed E-state index contributed by atoms with van der Waals surface area (Å²) in [6, 6.07) is 8.63. The molecule has 0 amide bonds. The van der Waals surface area contributed by atoms with Crippen LogP contribution in [0.25, 0.3) is 11.1 Å². The molecule has 1 aromatic carbocycles. The summed E-state index contributed by atoms with van der Waals surface area (Å²) in [4.78, 5) is 4.27. The van der Waals surface area contributed by atoms with Gasteiger partial charge >= 0.3 is 0 Å². The molecule has 80 valence electrons. The minimum atomic E-state index is 1.05. The van der Waals surface area contributed by atoms with Crippen LogP contribution in [0.5, 0.6) is 0 Å². The summed E-state index contributed by atoms with van der Waals surface area (Å²) < 4.78 is 0. The fourth-order valence-electron chi connectivity index (χ4n) is 2.32. The average Bonchev–Trinajstić information content (AvgIpc) is 2.76. The Morgan fingerprint density at radius 1 is 1.25 bits per heavy atom. The first kappa shape index (κ1) is 9.40. The summed E-state index contributed by atoms with van der Waals surface area (Å²) in [5.74, 6) is 0. The molecule has 0 spiro atoms. The van der Waals surface area contributed by atoms with Crippen molar-refractivity contribution in [2.24, 2.45) is 0 Å². The van der Waals surface area contributed by atoms with Crippen molar-refractivity contribution >= 4 is 5.69 Å². The van der Waals surface area contributed by atoms with E-state index in [1.165, 1.54) is 27.9 Å². The topological polar surface area (TPSA) is 24.9 Å². The lowest BCUT2D eigenvalue weighted by atomic mass is 9.98. The van der Waals surface area contributed by atoms with E-state index in [9.17, 15) is 0 Å². The Balaban J connectivity index is 2.17. The molecule has 0 saturated heterocycles. The van der Waals surface area contributed by atoms with E-state index in [0.29, 0.717) is 0 Å². The summed E-state index contributed by atoms with van der Waals surface area (Å²) in [7, 11) is 0. The van der Waals surface area contributed by atoms with E-state index in [2.05, 4.69) is 41.5 Å². The van der Waals surface area contributed by atoms with Crippen LogP contribution in [0.15, 0.2) is 36.7 Å². The van der Waals surface area contributed by atoms with Crippen molar-refractivity contribution < 1.29 is 0 Å². The molecule has 1 N–H and O–H groups in total. The largest absolute Gasteiger partial charge is 0.384 e. The summed E-state index contributed by atoms with van der Waals surface area (Å²) >= 11 is 0. The standard InChI is InChI=1S/C14H14N2/c1-10-7-11(9-15-8-10)12-3-2-4-14-13(12)5-6-16-14/h2-4,7-9,16H,5-6H2,1H3. The molecule has 0 saturated carbocycles. The van der Waals surface area contributed by atoms with Gasteiger partial charge in [-0.15, -0.1) is 0 Å². The van der Waals surface area contributed by atoms with E-state index in [0.717, 1.165) is 13.0 Å². The smallest absolute Gasteiger partial charge is 0.0379 e. The van der Waals surface area contributed by atoms with Crippen LogP contribution in [-0.2, 0) is 6.42 Å². The first-order valence-electron chi connectivity index (χ1n) is 5.62. The number of hydrogen-bond donors (Lipinski definition) is 1. The maximum atomic E-state index is 4.27. The fourth-order valence-corrected chi connectivity index (χ4v) is 2.32. The van der Waals surface area contributed by atoms with Gasteiger partial charge in [-0.05, 0) is 42.2 Å². The van der Waals surface area contributed by atoms with Gasteiger partial charge in [-0.1, -0.05) is 12.1 Å². The lowest BCUT2D eigenvalue weighted by Gasteiger charge is -2.08. The van der Waals surface area contributed by atoms with Crippen LogP contribution in [0.1, 0.15) is 11.1 Å². The molecule has 16 heavy (non-hydrogen) atoms. The van der Waals surface area contributed by atoms with Crippen LogP contribution < -0.4 is 5.32 Å². The molecule has 0 fully saturated rings. The van der Waals surface area contributed by atoms with E-state index in [4.69, 9.17) is 0 Å². The Hall–Kier alpha value is -1.83. The summed E-state index contributed by atoms with van der Waals surface area (Å²) in [5.41, 5.74) is 6.45. The number of pyridine rings is 1. The van der Waals surface area contributed by atoms with Crippen molar-refractivity contribution in [2.45, 2.75) is 13.3 Å². The van der Waals surface area contributed by atoms with E-state index in [-0.39, 0.29) is 0 Å². The molecule has 0 unspecified atom stereocenters. The number of nitrogens with zero attached hydrogens (tertiary/aromatic N) is 1. The van der Waals surface area contributed by atoms with Gasteiger partial charge in [-0.3, -0.25) is 4.98 Å². The van der Waals surface area contributed by atoms with Gasteiger partial charge in [-0.2, -0.15) is 0 Å². The molecule has 2 aromatic rings. The highest BCUT2D eigenvalue weighted by Gasteiger charge is 2.14. The third-order valence-corrected chi connectivity index (χ3v) is 3.05. The SMILES string of the molecule is Cc1cncc(-c2cccc3c2CCN3)c1. The van der Waals surface area contributed by atoms with E-state index < -0.39 is 0 Å². The Bertz CT molecular complexity index is 532. The molecular formula is C14H14N2. The van der Waals surface area contributed by atoms with E-state index in [1.54, 1.807) is 0 Å². The van der Waals surface area contributed by atoms with Gasteiger partial charge in [0.15, 0.2) is 0 Å². The van der Waals surface area contributed by atoms with Crippen molar-refractivity contribution in [2.75, 3.05) is 11.9 Å². The molecule has 3 rings (SSSR count). The molecule has 0 atom stereocenters. The van der Waals surface area contributed by atoms with Crippen LogP contribution in [0.2, 0.25) is 0 Å². The number of aromatic nitrogens is 1. The summed E-state index contributed by atoms with van der Waals surface area (Å²) in [5, 5.41) is 3.40. The van der Waals surface area contributed by atoms with Crippen molar-refractivity contribution in [1.82, 2.24) is 4.98 Å². The second-order valence-corrected chi connectivity index (χ2v) is 4.26. The molecule has 0 radical (unpaired) electrons. The molecule has 2 nitrogen and oxygen atoms in total. The minimum absolute atomic E-state index is 1.05. The molecule has 0 bridgehead atoms. The van der Waals surface area contributed by atoms with Gasteiger partial charge in [-0.25, -0.2) is 0 Å². The van der Waals surface area contributed by atoms with Crippen LogP contribution in [0, 0.1) is 6.92 Å².